The maximum atomic E-state index is 11.9. The summed E-state index contributed by atoms with van der Waals surface area (Å²) in [7, 11) is 0. The van der Waals surface area contributed by atoms with Crippen molar-refractivity contribution >= 4 is 11.6 Å². The predicted molar refractivity (Wildman–Crippen MR) is 87.0 cm³/mol. The minimum absolute atomic E-state index is 0.0794. The number of fused-ring (bicyclic) bond motifs is 1. The molecule has 0 aliphatic carbocycles. The topological polar surface area (TPSA) is 45.5 Å². The molecule has 3 rings (SSSR count). The van der Waals surface area contributed by atoms with E-state index in [1.807, 2.05) is 12.1 Å². The number of nitrogens with one attached hydrogen (secondary N) is 1. The second-order valence-electron chi connectivity index (χ2n) is 5.80. The summed E-state index contributed by atoms with van der Waals surface area (Å²) in [5.41, 5.74) is 2.71. The normalized spacial score (nSPS) is 14.7. The number of aryl methyl sites for hydroxylation is 1. The molecule has 0 saturated carbocycles. The highest BCUT2D eigenvalue weighted by Gasteiger charge is 2.22. The molecule has 1 N–H and O–H groups in total. The standard InChI is InChI=1S/C18H22N2O2/c1-14(20-11-10-15-5-2-3-7-17(15)20)13-19-18(21)9-8-16-6-4-12-22-16/h2-7,12,14H,8-11,13H2,1H3,(H,19,21)/t14-/m0/s1. The largest absolute Gasteiger partial charge is 0.469 e. The van der Waals surface area contributed by atoms with E-state index in [2.05, 4.69) is 41.4 Å². The van der Waals surface area contributed by atoms with Crippen LogP contribution in [0.5, 0.6) is 0 Å². The molecule has 0 saturated heterocycles. The lowest BCUT2D eigenvalue weighted by Crippen LogP contribution is -2.41. The zero-order valence-electron chi connectivity index (χ0n) is 12.9. The first-order valence-corrected chi connectivity index (χ1v) is 7.87. The first-order chi connectivity index (χ1) is 10.7. The van der Waals surface area contributed by atoms with Crippen LogP contribution in [0.15, 0.2) is 47.1 Å². The van der Waals surface area contributed by atoms with Crippen molar-refractivity contribution in [2.75, 3.05) is 18.0 Å². The summed E-state index contributed by atoms with van der Waals surface area (Å²) in [5.74, 6) is 0.937. The van der Waals surface area contributed by atoms with Gasteiger partial charge >= 0.3 is 0 Å². The fourth-order valence-electron chi connectivity index (χ4n) is 2.97. The molecule has 1 atom stereocenters. The summed E-state index contributed by atoms with van der Waals surface area (Å²) in [6.07, 6.45) is 3.85. The predicted octanol–water partition coefficient (Wildman–Crippen LogP) is 2.78. The van der Waals surface area contributed by atoms with Gasteiger partial charge in [-0.15, -0.1) is 0 Å². The van der Waals surface area contributed by atoms with Crippen molar-refractivity contribution in [3.63, 3.8) is 0 Å². The van der Waals surface area contributed by atoms with Gasteiger partial charge in [0.1, 0.15) is 5.76 Å². The number of amides is 1. The molecule has 2 aromatic rings. The van der Waals surface area contributed by atoms with Gasteiger partial charge in [0.05, 0.1) is 6.26 Å². The van der Waals surface area contributed by atoms with Crippen molar-refractivity contribution in [2.45, 2.75) is 32.2 Å². The summed E-state index contributed by atoms with van der Waals surface area (Å²) in [6.45, 7) is 3.86. The second kappa shape index (κ2) is 6.69. The Balaban J connectivity index is 1.46. The number of hydrogen-bond donors (Lipinski definition) is 1. The molecule has 1 aliphatic rings. The molecule has 2 heterocycles. The van der Waals surface area contributed by atoms with Crippen LogP contribution in [0.4, 0.5) is 5.69 Å². The molecule has 22 heavy (non-hydrogen) atoms. The minimum Gasteiger partial charge on any atom is -0.469 e. The number of anilines is 1. The maximum absolute atomic E-state index is 11.9. The molecular formula is C18H22N2O2. The van der Waals surface area contributed by atoms with Crippen molar-refractivity contribution < 1.29 is 9.21 Å². The van der Waals surface area contributed by atoms with Crippen molar-refractivity contribution in [3.05, 3.63) is 54.0 Å². The average molecular weight is 298 g/mol. The fourth-order valence-corrected chi connectivity index (χ4v) is 2.97. The molecule has 1 amide bonds. The van der Waals surface area contributed by atoms with Gasteiger partial charge in [0.25, 0.3) is 0 Å². The Bertz CT molecular complexity index is 622. The monoisotopic (exact) mass is 298 g/mol. The maximum Gasteiger partial charge on any atom is 0.220 e. The van der Waals surface area contributed by atoms with Crippen LogP contribution in [0, 0.1) is 0 Å². The number of benzene rings is 1. The van der Waals surface area contributed by atoms with Gasteiger partial charge in [-0.2, -0.15) is 0 Å². The highest BCUT2D eigenvalue weighted by molar-refractivity contribution is 5.76. The van der Waals surface area contributed by atoms with Crippen molar-refractivity contribution in [1.29, 1.82) is 0 Å². The Morgan fingerprint density at radius 1 is 1.32 bits per heavy atom. The number of rotatable bonds is 6. The van der Waals surface area contributed by atoms with E-state index < -0.39 is 0 Å². The molecule has 0 spiro atoms. The van der Waals surface area contributed by atoms with Gasteiger partial charge in [-0.3, -0.25) is 4.79 Å². The van der Waals surface area contributed by atoms with E-state index in [4.69, 9.17) is 4.42 Å². The van der Waals surface area contributed by atoms with E-state index in [1.165, 1.54) is 11.3 Å². The number of furan rings is 1. The van der Waals surface area contributed by atoms with Crippen molar-refractivity contribution in [3.8, 4) is 0 Å². The number of carbonyl (C=O) groups excluding carboxylic acids is 1. The van der Waals surface area contributed by atoms with Crippen LogP contribution < -0.4 is 10.2 Å². The smallest absolute Gasteiger partial charge is 0.220 e. The van der Waals surface area contributed by atoms with Crippen LogP contribution in [0.3, 0.4) is 0 Å². The SMILES string of the molecule is C[C@@H](CNC(=O)CCc1ccco1)N1CCc2ccccc21. The number of carbonyl (C=O) groups is 1. The molecular weight excluding hydrogens is 276 g/mol. The molecule has 116 valence electrons. The lowest BCUT2D eigenvalue weighted by molar-refractivity contribution is -0.121. The number of hydrogen-bond acceptors (Lipinski definition) is 3. The van der Waals surface area contributed by atoms with Crippen LogP contribution in [-0.4, -0.2) is 25.0 Å². The summed E-state index contributed by atoms with van der Waals surface area (Å²) in [5, 5.41) is 3.03. The van der Waals surface area contributed by atoms with Crippen LogP contribution in [0.25, 0.3) is 0 Å². The van der Waals surface area contributed by atoms with Gasteiger partial charge in [0.2, 0.25) is 5.91 Å². The van der Waals surface area contributed by atoms with Gasteiger partial charge in [0, 0.05) is 37.7 Å². The van der Waals surface area contributed by atoms with Gasteiger partial charge in [-0.25, -0.2) is 0 Å². The molecule has 1 aliphatic heterocycles. The molecule has 0 radical (unpaired) electrons. The molecule has 0 unspecified atom stereocenters. The zero-order valence-corrected chi connectivity index (χ0v) is 12.9. The highest BCUT2D eigenvalue weighted by Crippen LogP contribution is 2.28. The van der Waals surface area contributed by atoms with E-state index in [0.717, 1.165) is 18.7 Å². The van der Waals surface area contributed by atoms with E-state index in [9.17, 15) is 4.79 Å². The van der Waals surface area contributed by atoms with Gasteiger partial charge in [0.15, 0.2) is 0 Å². The highest BCUT2D eigenvalue weighted by atomic mass is 16.3. The van der Waals surface area contributed by atoms with E-state index >= 15 is 0 Å². The van der Waals surface area contributed by atoms with E-state index in [-0.39, 0.29) is 5.91 Å². The van der Waals surface area contributed by atoms with Crippen LogP contribution >= 0.6 is 0 Å². The lowest BCUT2D eigenvalue weighted by atomic mass is 10.2. The summed E-state index contributed by atoms with van der Waals surface area (Å²) in [4.78, 5) is 14.3. The Morgan fingerprint density at radius 3 is 3.00 bits per heavy atom. The Labute approximate surface area is 131 Å². The second-order valence-corrected chi connectivity index (χ2v) is 5.80. The number of nitrogens with zero attached hydrogens (tertiary/aromatic N) is 1. The van der Waals surface area contributed by atoms with Crippen LogP contribution in [0.1, 0.15) is 24.7 Å². The molecule has 0 fully saturated rings. The fraction of sp³-hybridized carbons (Fsp3) is 0.389. The third kappa shape index (κ3) is 3.32. The van der Waals surface area contributed by atoms with E-state index in [1.54, 1.807) is 6.26 Å². The number of para-hydroxylation sites is 1. The summed E-state index contributed by atoms with van der Waals surface area (Å²) >= 11 is 0. The first-order valence-electron chi connectivity index (χ1n) is 7.87. The molecule has 1 aromatic carbocycles. The van der Waals surface area contributed by atoms with Crippen LogP contribution in [0.2, 0.25) is 0 Å². The van der Waals surface area contributed by atoms with Gasteiger partial charge < -0.3 is 14.6 Å². The zero-order chi connectivity index (χ0) is 15.4. The third-order valence-corrected chi connectivity index (χ3v) is 4.23. The quantitative estimate of drug-likeness (QED) is 0.892. The molecule has 1 aromatic heterocycles. The van der Waals surface area contributed by atoms with Gasteiger partial charge in [-0.05, 0) is 37.1 Å². The molecule has 4 nitrogen and oxygen atoms in total. The molecule has 0 bridgehead atoms. The summed E-state index contributed by atoms with van der Waals surface area (Å²) in [6, 6.07) is 12.6. The average Bonchev–Trinajstić information content (AvgIpc) is 3.19. The first kappa shape index (κ1) is 14.7. The van der Waals surface area contributed by atoms with Crippen molar-refractivity contribution in [1.82, 2.24) is 5.32 Å². The molecule has 4 heteroatoms. The lowest BCUT2D eigenvalue weighted by Gasteiger charge is -2.27. The van der Waals surface area contributed by atoms with E-state index in [0.29, 0.717) is 25.4 Å². The Morgan fingerprint density at radius 2 is 2.18 bits per heavy atom. The van der Waals surface area contributed by atoms with Gasteiger partial charge in [-0.1, -0.05) is 18.2 Å². The third-order valence-electron chi connectivity index (χ3n) is 4.23. The minimum atomic E-state index is 0.0794. The van der Waals surface area contributed by atoms with Crippen molar-refractivity contribution in [2.24, 2.45) is 0 Å². The van der Waals surface area contributed by atoms with Crippen LogP contribution in [-0.2, 0) is 17.6 Å². The summed E-state index contributed by atoms with van der Waals surface area (Å²) < 4.78 is 5.24. The Hall–Kier alpha value is -2.23. The Kier molecular flexibility index (Phi) is 4.47.